The molecule has 0 aliphatic rings. The predicted molar refractivity (Wildman–Crippen MR) is 51.4 cm³/mol. The van der Waals surface area contributed by atoms with Crippen LogP contribution < -0.4 is 4.74 Å². The van der Waals surface area contributed by atoms with E-state index in [1.54, 1.807) is 0 Å². The van der Waals surface area contributed by atoms with Gasteiger partial charge in [-0.3, -0.25) is 0 Å². The van der Waals surface area contributed by atoms with Crippen LogP contribution in [0.3, 0.4) is 0 Å². The number of ether oxygens (including phenoxy) is 1. The van der Waals surface area contributed by atoms with E-state index in [2.05, 4.69) is 20.8 Å². The van der Waals surface area contributed by atoms with Gasteiger partial charge in [-0.1, -0.05) is 32.0 Å². The molecular formula is C11H16O. The van der Waals surface area contributed by atoms with Gasteiger partial charge in [0.25, 0.3) is 0 Å². The Morgan fingerprint density at radius 3 is 2.08 bits per heavy atom. The van der Waals surface area contributed by atoms with E-state index in [0.29, 0.717) is 5.92 Å². The van der Waals surface area contributed by atoms with Gasteiger partial charge in [-0.15, -0.1) is 0 Å². The van der Waals surface area contributed by atoms with Gasteiger partial charge >= 0.3 is 0 Å². The molecular weight excluding hydrogens is 148 g/mol. The molecule has 0 aromatic heterocycles. The molecule has 1 nitrogen and oxygen atoms in total. The van der Waals surface area contributed by atoms with Crippen molar-refractivity contribution >= 4 is 0 Å². The minimum Gasteiger partial charge on any atom is -0.490 e. The van der Waals surface area contributed by atoms with Gasteiger partial charge in [0.05, 0.1) is 6.10 Å². The average Bonchev–Trinajstić information content (AvgIpc) is 2.06. The van der Waals surface area contributed by atoms with Gasteiger partial charge in [0.1, 0.15) is 5.75 Å². The highest BCUT2D eigenvalue weighted by Crippen LogP contribution is 2.14. The van der Waals surface area contributed by atoms with Crippen molar-refractivity contribution in [2.24, 2.45) is 5.92 Å². The van der Waals surface area contributed by atoms with Gasteiger partial charge in [0, 0.05) is 0 Å². The van der Waals surface area contributed by atoms with Crippen LogP contribution in [0.2, 0.25) is 0 Å². The minimum absolute atomic E-state index is 0.285. The number of rotatable bonds is 3. The summed E-state index contributed by atoms with van der Waals surface area (Å²) >= 11 is 0. The van der Waals surface area contributed by atoms with Crippen LogP contribution in [0.4, 0.5) is 0 Å². The Morgan fingerprint density at radius 2 is 1.58 bits per heavy atom. The topological polar surface area (TPSA) is 9.23 Å². The van der Waals surface area contributed by atoms with Gasteiger partial charge in [0.2, 0.25) is 0 Å². The number of para-hydroxylation sites is 1. The predicted octanol–water partition coefficient (Wildman–Crippen LogP) is 3.11. The molecule has 0 aliphatic carbocycles. The van der Waals surface area contributed by atoms with Crippen LogP contribution in [0.15, 0.2) is 30.3 Å². The van der Waals surface area contributed by atoms with Crippen LogP contribution in [0.1, 0.15) is 20.8 Å². The second kappa shape index (κ2) is 4.15. The third-order valence-electron chi connectivity index (χ3n) is 2.00. The summed E-state index contributed by atoms with van der Waals surface area (Å²) in [5, 5.41) is 0. The highest BCUT2D eigenvalue weighted by molar-refractivity contribution is 5.21. The number of hydrogen-bond acceptors (Lipinski definition) is 1. The molecule has 1 heteroatoms. The largest absolute Gasteiger partial charge is 0.490 e. The van der Waals surface area contributed by atoms with Crippen LogP contribution in [0.5, 0.6) is 5.75 Å². The van der Waals surface area contributed by atoms with Crippen LogP contribution >= 0.6 is 0 Å². The summed E-state index contributed by atoms with van der Waals surface area (Å²) in [4.78, 5) is 0. The monoisotopic (exact) mass is 164 g/mol. The van der Waals surface area contributed by atoms with E-state index in [1.165, 1.54) is 0 Å². The summed E-state index contributed by atoms with van der Waals surface area (Å²) < 4.78 is 5.68. The molecule has 0 spiro atoms. The molecule has 66 valence electrons. The Balaban J connectivity index is 2.53. The van der Waals surface area contributed by atoms with E-state index in [0.717, 1.165) is 5.75 Å². The zero-order chi connectivity index (χ0) is 8.97. The Morgan fingerprint density at radius 1 is 1.00 bits per heavy atom. The smallest absolute Gasteiger partial charge is 0.119 e. The molecule has 0 amide bonds. The SMILES string of the molecule is CC(C)[C@H](C)Oc1ccccc1. The summed E-state index contributed by atoms with van der Waals surface area (Å²) in [5.41, 5.74) is 0. The average molecular weight is 164 g/mol. The summed E-state index contributed by atoms with van der Waals surface area (Å²) in [5.74, 6) is 1.52. The van der Waals surface area contributed by atoms with E-state index in [1.807, 2.05) is 30.3 Å². The highest BCUT2D eigenvalue weighted by atomic mass is 16.5. The maximum absolute atomic E-state index is 5.68. The quantitative estimate of drug-likeness (QED) is 0.667. The zero-order valence-electron chi connectivity index (χ0n) is 7.95. The molecule has 0 N–H and O–H groups in total. The maximum atomic E-state index is 5.68. The molecule has 0 aliphatic heterocycles. The first-order valence-corrected chi connectivity index (χ1v) is 4.42. The first kappa shape index (κ1) is 9.11. The van der Waals surface area contributed by atoms with Crippen LogP contribution in [-0.2, 0) is 0 Å². The first-order chi connectivity index (χ1) is 5.70. The summed E-state index contributed by atoms with van der Waals surface area (Å²) in [6, 6.07) is 9.94. The van der Waals surface area contributed by atoms with Crippen molar-refractivity contribution in [2.75, 3.05) is 0 Å². The molecule has 0 bridgehead atoms. The van der Waals surface area contributed by atoms with E-state index in [9.17, 15) is 0 Å². The lowest BCUT2D eigenvalue weighted by atomic mass is 10.1. The third kappa shape index (κ3) is 2.57. The molecule has 1 aromatic rings. The molecule has 0 fully saturated rings. The second-order valence-electron chi connectivity index (χ2n) is 3.38. The van der Waals surface area contributed by atoms with Crippen LogP contribution in [0.25, 0.3) is 0 Å². The van der Waals surface area contributed by atoms with Crippen LogP contribution in [-0.4, -0.2) is 6.10 Å². The van der Waals surface area contributed by atoms with Crippen molar-refractivity contribution in [1.29, 1.82) is 0 Å². The van der Waals surface area contributed by atoms with Gasteiger partial charge < -0.3 is 4.74 Å². The fraction of sp³-hybridized carbons (Fsp3) is 0.455. The maximum Gasteiger partial charge on any atom is 0.119 e. The fourth-order valence-electron chi connectivity index (χ4n) is 0.850. The van der Waals surface area contributed by atoms with Gasteiger partial charge in [-0.25, -0.2) is 0 Å². The summed E-state index contributed by atoms with van der Waals surface area (Å²) in [6.45, 7) is 6.42. The molecule has 0 radical (unpaired) electrons. The third-order valence-corrected chi connectivity index (χ3v) is 2.00. The number of hydrogen-bond donors (Lipinski definition) is 0. The summed E-state index contributed by atoms with van der Waals surface area (Å²) in [7, 11) is 0. The van der Waals surface area contributed by atoms with Crippen molar-refractivity contribution in [3.63, 3.8) is 0 Å². The van der Waals surface area contributed by atoms with Crippen molar-refractivity contribution in [1.82, 2.24) is 0 Å². The van der Waals surface area contributed by atoms with E-state index in [-0.39, 0.29) is 6.10 Å². The Kier molecular flexibility index (Phi) is 3.15. The molecule has 12 heavy (non-hydrogen) atoms. The number of benzene rings is 1. The molecule has 0 saturated carbocycles. The van der Waals surface area contributed by atoms with Gasteiger partial charge in [-0.05, 0) is 25.0 Å². The molecule has 0 unspecified atom stereocenters. The normalized spacial score (nSPS) is 13.0. The molecule has 0 saturated heterocycles. The fourth-order valence-corrected chi connectivity index (χ4v) is 0.850. The second-order valence-corrected chi connectivity index (χ2v) is 3.38. The lowest BCUT2D eigenvalue weighted by Crippen LogP contribution is -2.18. The van der Waals surface area contributed by atoms with E-state index >= 15 is 0 Å². The van der Waals surface area contributed by atoms with E-state index in [4.69, 9.17) is 4.74 Å². The lowest BCUT2D eigenvalue weighted by Gasteiger charge is -2.17. The first-order valence-electron chi connectivity index (χ1n) is 4.42. The summed E-state index contributed by atoms with van der Waals surface area (Å²) in [6.07, 6.45) is 0.285. The molecule has 1 aromatic carbocycles. The molecule has 1 atom stereocenters. The Labute approximate surface area is 74.4 Å². The lowest BCUT2D eigenvalue weighted by molar-refractivity contribution is 0.170. The molecule has 0 heterocycles. The minimum atomic E-state index is 0.285. The van der Waals surface area contributed by atoms with Gasteiger partial charge in [0.15, 0.2) is 0 Å². The standard InChI is InChI=1S/C11H16O/c1-9(2)10(3)12-11-7-5-4-6-8-11/h4-10H,1-3H3/t10-/m0/s1. The van der Waals surface area contributed by atoms with Crippen molar-refractivity contribution < 1.29 is 4.74 Å². The Hall–Kier alpha value is -0.980. The zero-order valence-corrected chi connectivity index (χ0v) is 7.95. The Bertz CT molecular complexity index is 216. The van der Waals surface area contributed by atoms with E-state index < -0.39 is 0 Å². The van der Waals surface area contributed by atoms with Gasteiger partial charge in [-0.2, -0.15) is 0 Å². The highest BCUT2D eigenvalue weighted by Gasteiger charge is 2.07. The van der Waals surface area contributed by atoms with Crippen molar-refractivity contribution in [2.45, 2.75) is 26.9 Å². The van der Waals surface area contributed by atoms with Crippen molar-refractivity contribution in [3.8, 4) is 5.75 Å². The van der Waals surface area contributed by atoms with Crippen LogP contribution in [0, 0.1) is 5.92 Å². The van der Waals surface area contributed by atoms with Crippen molar-refractivity contribution in [3.05, 3.63) is 30.3 Å². The molecule has 1 rings (SSSR count).